The molecular formula is C17H25Cl2N3O3S. The van der Waals surface area contributed by atoms with Crippen LogP contribution in [0.5, 0.6) is 0 Å². The lowest BCUT2D eigenvalue weighted by atomic mass is 10.2. The second kappa shape index (κ2) is 9.90. The first-order valence-electron chi connectivity index (χ1n) is 8.84. The van der Waals surface area contributed by atoms with Gasteiger partial charge in [0.2, 0.25) is 5.91 Å². The topological polar surface area (TPSA) is 69.7 Å². The van der Waals surface area contributed by atoms with Gasteiger partial charge in [-0.25, -0.2) is 0 Å². The Balaban J connectivity index is 2.10. The van der Waals surface area contributed by atoms with Crippen molar-refractivity contribution in [1.82, 2.24) is 8.61 Å². The molecule has 1 saturated heterocycles. The largest absolute Gasteiger partial charge is 0.324 e. The van der Waals surface area contributed by atoms with E-state index in [1.165, 1.54) is 14.7 Å². The number of nitrogens with one attached hydrogen (secondary N) is 1. The molecule has 0 aromatic heterocycles. The fraction of sp³-hybridized carbons (Fsp3) is 0.588. The van der Waals surface area contributed by atoms with Crippen molar-refractivity contribution in [2.75, 3.05) is 31.5 Å². The summed E-state index contributed by atoms with van der Waals surface area (Å²) in [6, 6.07) is 4.74. The molecule has 146 valence electrons. The normalized spacial score (nSPS) is 16.5. The van der Waals surface area contributed by atoms with Gasteiger partial charge in [-0.15, -0.1) is 0 Å². The maximum atomic E-state index is 13.0. The average molecular weight is 422 g/mol. The van der Waals surface area contributed by atoms with Gasteiger partial charge < -0.3 is 5.32 Å². The Hall–Kier alpha value is -0.860. The molecule has 0 radical (unpaired) electrons. The third-order valence-electron chi connectivity index (χ3n) is 4.21. The number of hydrogen-bond acceptors (Lipinski definition) is 3. The predicted octanol–water partition coefficient (Wildman–Crippen LogP) is 3.76. The van der Waals surface area contributed by atoms with E-state index in [1.54, 1.807) is 12.1 Å². The van der Waals surface area contributed by atoms with Crippen LogP contribution < -0.4 is 5.32 Å². The van der Waals surface area contributed by atoms with Crippen LogP contribution in [0.25, 0.3) is 0 Å². The van der Waals surface area contributed by atoms with Gasteiger partial charge in [0, 0.05) is 24.7 Å². The molecular weight excluding hydrogens is 397 g/mol. The first-order chi connectivity index (χ1) is 12.3. The van der Waals surface area contributed by atoms with Gasteiger partial charge in [-0.3, -0.25) is 4.79 Å². The van der Waals surface area contributed by atoms with Crippen LogP contribution in [0.1, 0.15) is 39.0 Å². The molecule has 2 rings (SSSR count). The van der Waals surface area contributed by atoms with Crippen LogP contribution in [0.4, 0.5) is 5.69 Å². The highest BCUT2D eigenvalue weighted by Crippen LogP contribution is 2.25. The number of carbonyl (C=O) groups is 1. The summed E-state index contributed by atoms with van der Waals surface area (Å²) in [6.07, 6.45) is 4.40. The first-order valence-corrected chi connectivity index (χ1v) is 11.0. The number of halogens is 2. The van der Waals surface area contributed by atoms with Crippen molar-refractivity contribution in [1.29, 1.82) is 0 Å². The number of nitrogens with zero attached hydrogens (tertiary/aromatic N) is 2. The van der Waals surface area contributed by atoms with Crippen molar-refractivity contribution in [3.05, 3.63) is 28.2 Å². The minimum Gasteiger partial charge on any atom is -0.324 e. The van der Waals surface area contributed by atoms with E-state index >= 15 is 0 Å². The summed E-state index contributed by atoms with van der Waals surface area (Å²) in [7, 11) is -3.67. The van der Waals surface area contributed by atoms with Crippen LogP contribution in [-0.4, -0.2) is 49.1 Å². The Morgan fingerprint density at radius 1 is 1.19 bits per heavy atom. The summed E-state index contributed by atoms with van der Waals surface area (Å²) >= 11 is 12.0. The molecule has 1 amide bonds. The zero-order chi connectivity index (χ0) is 19.2. The van der Waals surface area contributed by atoms with Crippen LogP contribution >= 0.6 is 23.2 Å². The summed E-state index contributed by atoms with van der Waals surface area (Å²) in [4.78, 5) is 12.4. The summed E-state index contributed by atoms with van der Waals surface area (Å²) < 4.78 is 28.7. The number of amides is 1. The summed E-state index contributed by atoms with van der Waals surface area (Å²) in [5, 5.41) is 3.43. The smallest absolute Gasteiger partial charge is 0.282 e. The van der Waals surface area contributed by atoms with E-state index in [9.17, 15) is 13.2 Å². The van der Waals surface area contributed by atoms with Crippen molar-refractivity contribution in [3.8, 4) is 0 Å². The van der Waals surface area contributed by atoms with E-state index < -0.39 is 16.1 Å². The van der Waals surface area contributed by atoms with Crippen LogP contribution in [0.2, 0.25) is 10.0 Å². The highest BCUT2D eigenvalue weighted by Gasteiger charge is 2.31. The number of carbonyl (C=O) groups excluding carboxylic acids is 1. The van der Waals surface area contributed by atoms with Crippen molar-refractivity contribution in [2.45, 2.75) is 39.0 Å². The lowest BCUT2D eigenvalue weighted by Crippen LogP contribution is -2.47. The average Bonchev–Trinajstić information content (AvgIpc) is 2.87. The van der Waals surface area contributed by atoms with Gasteiger partial charge in [0.25, 0.3) is 10.2 Å². The monoisotopic (exact) mass is 421 g/mol. The third-order valence-corrected chi connectivity index (χ3v) is 6.76. The zero-order valence-electron chi connectivity index (χ0n) is 14.9. The second-order valence-corrected chi connectivity index (χ2v) is 9.10. The molecule has 1 fully saturated rings. The van der Waals surface area contributed by atoms with E-state index in [0.717, 1.165) is 25.7 Å². The van der Waals surface area contributed by atoms with Gasteiger partial charge in [0.1, 0.15) is 0 Å². The molecule has 1 aliphatic heterocycles. The van der Waals surface area contributed by atoms with Crippen LogP contribution in [0.3, 0.4) is 0 Å². The molecule has 1 aliphatic rings. The van der Waals surface area contributed by atoms with E-state index in [0.29, 0.717) is 35.2 Å². The molecule has 9 heteroatoms. The summed E-state index contributed by atoms with van der Waals surface area (Å²) in [5.41, 5.74) is 0.368. The van der Waals surface area contributed by atoms with Gasteiger partial charge in [-0.1, -0.05) is 43.0 Å². The Kier molecular flexibility index (Phi) is 8.16. The van der Waals surface area contributed by atoms with Gasteiger partial charge in [0.05, 0.1) is 17.3 Å². The van der Waals surface area contributed by atoms with Crippen LogP contribution in [-0.2, 0) is 15.0 Å². The number of rotatable bonds is 7. The number of hydrogen-bond donors (Lipinski definition) is 1. The molecule has 0 spiro atoms. The molecule has 0 saturated carbocycles. The van der Waals surface area contributed by atoms with Gasteiger partial charge in [-0.2, -0.15) is 17.0 Å². The first kappa shape index (κ1) is 21.4. The van der Waals surface area contributed by atoms with Crippen LogP contribution in [0.15, 0.2) is 18.2 Å². The van der Waals surface area contributed by atoms with Crippen molar-refractivity contribution >= 4 is 45.0 Å². The summed E-state index contributed by atoms with van der Waals surface area (Å²) in [5.74, 6) is -0.444. The molecule has 6 nitrogen and oxygen atoms in total. The molecule has 0 unspecified atom stereocenters. The van der Waals surface area contributed by atoms with Crippen molar-refractivity contribution in [3.63, 3.8) is 0 Å². The van der Waals surface area contributed by atoms with Crippen molar-refractivity contribution in [2.24, 2.45) is 0 Å². The Bertz CT molecular complexity index is 720. The molecule has 0 bridgehead atoms. The second-order valence-electron chi connectivity index (χ2n) is 6.33. The fourth-order valence-corrected chi connectivity index (χ4v) is 4.98. The predicted molar refractivity (Wildman–Crippen MR) is 106 cm³/mol. The van der Waals surface area contributed by atoms with E-state index in [4.69, 9.17) is 23.2 Å². The van der Waals surface area contributed by atoms with E-state index in [2.05, 4.69) is 5.32 Å². The minimum absolute atomic E-state index is 0.254. The molecule has 1 N–H and O–H groups in total. The SMILES string of the molecule is CCCN(CC(=O)Nc1cc(Cl)ccc1Cl)S(=O)(=O)N1CCCCCC1. The third kappa shape index (κ3) is 5.82. The molecule has 1 heterocycles. The Morgan fingerprint density at radius 3 is 2.46 bits per heavy atom. The van der Waals surface area contributed by atoms with Gasteiger partial charge in [0.15, 0.2) is 0 Å². The summed E-state index contributed by atoms with van der Waals surface area (Å²) in [6.45, 7) is 2.93. The molecule has 0 atom stereocenters. The number of anilines is 1. The zero-order valence-corrected chi connectivity index (χ0v) is 17.2. The molecule has 1 aromatic carbocycles. The minimum atomic E-state index is -3.67. The van der Waals surface area contributed by atoms with E-state index in [-0.39, 0.29) is 13.1 Å². The fourth-order valence-electron chi connectivity index (χ4n) is 2.90. The molecule has 0 aliphatic carbocycles. The maximum Gasteiger partial charge on any atom is 0.282 e. The quantitative estimate of drug-likeness (QED) is 0.728. The lowest BCUT2D eigenvalue weighted by molar-refractivity contribution is -0.116. The highest BCUT2D eigenvalue weighted by atomic mass is 35.5. The molecule has 26 heavy (non-hydrogen) atoms. The Morgan fingerprint density at radius 2 is 1.85 bits per heavy atom. The van der Waals surface area contributed by atoms with Gasteiger partial charge >= 0.3 is 0 Å². The Labute approximate surface area is 165 Å². The van der Waals surface area contributed by atoms with Crippen molar-refractivity contribution < 1.29 is 13.2 Å². The maximum absolute atomic E-state index is 13.0. The number of benzene rings is 1. The molecule has 1 aromatic rings. The van der Waals surface area contributed by atoms with Crippen LogP contribution in [0, 0.1) is 0 Å². The highest BCUT2D eigenvalue weighted by molar-refractivity contribution is 7.86. The lowest BCUT2D eigenvalue weighted by Gasteiger charge is -2.28. The standard InChI is InChI=1S/C17H25Cl2N3O3S/c1-2-9-22(26(24,25)21-10-5-3-4-6-11-21)13-17(23)20-16-12-14(18)7-8-15(16)19/h7-8,12H,2-6,9-11,13H2,1H3,(H,20,23). The van der Waals surface area contributed by atoms with Gasteiger partial charge in [-0.05, 0) is 37.5 Å². The van der Waals surface area contributed by atoms with E-state index in [1.807, 2.05) is 6.92 Å².